The molecule has 0 bridgehead atoms. The summed E-state index contributed by atoms with van der Waals surface area (Å²) in [5, 5.41) is 3.08. The van der Waals surface area contributed by atoms with Crippen molar-refractivity contribution in [2.24, 2.45) is 10.7 Å². The number of nitrogens with one attached hydrogen (secondary N) is 1. The van der Waals surface area contributed by atoms with Gasteiger partial charge in [0.15, 0.2) is 5.96 Å². The molecule has 2 aromatic rings. The first-order valence-corrected chi connectivity index (χ1v) is 8.37. The average molecular weight is 467 g/mol. The van der Waals surface area contributed by atoms with Crippen LogP contribution < -0.4 is 11.1 Å². The standard InChI is InChI=1S/C20H25N3O2.HI/c1-4-14(2)16-8-10-18(11-9-16)23-20(21)22-13-15-6-5-7-17(12-15)19(24)25-3;/h5-12,14H,4,13H2,1-3H3,(H3,21,22,23);1H. The summed E-state index contributed by atoms with van der Waals surface area (Å²) < 4.78 is 4.72. The molecular formula is C20H26IN3O2. The van der Waals surface area contributed by atoms with Gasteiger partial charge in [0.25, 0.3) is 0 Å². The molecule has 0 aromatic heterocycles. The minimum absolute atomic E-state index is 0. The van der Waals surface area contributed by atoms with Gasteiger partial charge in [-0.3, -0.25) is 0 Å². The van der Waals surface area contributed by atoms with E-state index in [2.05, 4.69) is 36.3 Å². The number of aliphatic imine (C=N–C) groups is 1. The van der Waals surface area contributed by atoms with Gasteiger partial charge in [-0.2, -0.15) is 0 Å². The first-order chi connectivity index (χ1) is 12.0. The number of esters is 1. The second-order valence-corrected chi connectivity index (χ2v) is 5.95. The summed E-state index contributed by atoms with van der Waals surface area (Å²) in [5.41, 5.74) is 9.55. The van der Waals surface area contributed by atoms with Crippen LogP contribution in [-0.2, 0) is 11.3 Å². The molecule has 1 atom stereocenters. The molecule has 3 N–H and O–H groups in total. The lowest BCUT2D eigenvalue weighted by Crippen LogP contribution is -2.22. The topological polar surface area (TPSA) is 76.7 Å². The zero-order chi connectivity index (χ0) is 18.2. The van der Waals surface area contributed by atoms with Gasteiger partial charge < -0.3 is 15.8 Å². The van der Waals surface area contributed by atoms with Gasteiger partial charge in [0, 0.05) is 5.69 Å². The van der Waals surface area contributed by atoms with E-state index in [-0.39, 0.29) is 29.9 Å². The highest BCUT2D eigenvalue weighted by Crippen LogP contribution is 2.20. The number of halogens is 1. The number of benzene rings is 2. The zero-order valence-electron chi connectivity index (χ0n) is 15.4. The molecule has 0 amide bonds. The van der Waals surface area contributed by atoms with Crippen LogP contribution in [0.3, 0.4) is 0 Å². The first-order valence-electron chi connectivity index (χ1n) is 8.37. The number of guanidine groups is 1. The molecule has 0 spiro atoms. The molecule has 0 saturated carbocycles. The molecule has 2 aromatic carbocycles. The minimum atomic E-state index is -0.363. The summed E-state index contributed by atoms with van der Waals surface area (Å²) in [5.74, 6) is 0.514. The molecule has 26 heavy (non-hydrogen) atoms. The number of rotatable bonds is 6. The number of carbonyl (C=O) groups is 1. The molecule has 0 fully saturated rings. The summed E-state index contributed by atoms with van der Waals surface area (Å²) in [6, 6.07) is 15.4. The number of nitrogens with zero attached hydrogens (tertiary/aromatic N) is 1. The third-order valence-electron chi connectivity index (χ3n) is 4.14. The fraction of sp³-hybridized carbons (Fsp3) is 0.300. The predicted molar refractivity (Wildman–Crippen MR) is 117 cm³/mol. The van der Waals surface area contributed by atoms with Gasteiger partial charge >= 0.3 is 5.97 Å². The van der Waals surface area contributed by atoms with Crippen LogP contribution in [0.5, 0.6) is 0 Å². The van der Waals surface area contributed by atoms with Crippen molar-refractivity contribution >= 4 is 41.6 Å². The van der Waals surface area contributed by atoms with Crippen LogP contribution in [0.4, 0.5) is 5.69 Å². The summed E-state index contributed by atoms with van der Waals surface area (Å²) in [6.07, 6.45) is 1.11. The SMILES string of the molecule is CCC(C)c1ccc(NC(N)=NCc2cccc(C(=O)OC)c2)cc1.I. The number of carbonyl (C=O) groups excluding carboxylic acids is 1. The van der Waals surface area contributed by atoms with Crippen molar-refractivity contribution in [1.29, 1.82) is 0 Å². The molecule has 5 nitrogen and oxygen atoms in total. The summed E-state index contributed by atoms with van der Waals surface area (Å²) in [6.45, 7) is 4.77. The van der Waals surface area contributed by atoms with Crippen LogP contribution in [-0.4, -0.2) is 19.0 Å². The molecule has 2 rings (SSSR count). The lowest BCUT2D eigenvalue weighted by atomic mass is 9.99. The fourth-order valence-electron chi connectivity index (χ4n) is 2.41. The number of anilines is 1. The maximum absolute atomic E-state index is 11.5. The van der Waals surface area contributed by atoms with Crippen LogP contribution in [0, 0.1) is 0 Å². The Bertz CT molecular complexity index is 745. The second kappa shape index (κ2) is 10.8. The molecule has 6 heteroatoms. The van der Waals surface area contributed by atoms with E-state index in [1.165, 1.54) is 12.7 Å². The largest absolute Gasteiger partial charge is 0.465 e. The van der Waals surface area contributed by atoms with Crippen LogP contribution in [0.1, 0.15) is 47.7 Å². The van der Waals surface area contributed by atoms with E-state index in [1.807, 2.05) is 18.2 Å². The Labute approximate surface area is 172 Å². The predicted octanol–water partition coefficient (Wildman–Crippen LogP) is 4.53. The monoisotopic (exact) mass is 467 g/mol. The smallest absolute Gasteiger partial charge is 0.337 e. The van der Waals surface area contributed by atoms with Gasteiger partial charge in [-0.25, -0.2) is 9.79 Å². The van der Waals surface area contributed by atoms with E-state index in [9.17, 15) is 4.79 Å². The first kappa shape index (κ1) is 22.0. The van der Waals surface area contributed by atoms with Crippen molar-refractivity contribution in [3.8, 4) is 0 Å². The van der Waals surface area contributed by atoms with Crippen LogP contribution >= 0.6 is 24.0 Å². The molecule has 0 saturated heterocycles. The molecule has 0 aliphatic rings. The van der Waals surface area contributed by atoms with Crippen LogP contribution in [0.15, 0.2) is 53.5 Å². The highest BCUT2D eigenvalue weighted by molar-refractivity contribution is 14.0. The van der Waals surface area contributed by atoms with E-state index in [0.717, 1.165) is 17.7 Å². The van der Waals surface area contributed by atoms with Gasteiger partial charge in [0.1, 0.15) is 0 Å². The Hall–Kier alpha value is -2.09. The Morgan fingerprint density at radius 2 is 1.92 bits per heavy atom. The van der Waals surface area contributed by atoms with Crippen molar-refractivity contribution in [2.45, 2.75) is 32.7 Å². The van der Waals surface area contributed by atoms with Gasteiger partial charge in [-0.05, 0) is 47.7 Å². The Kier molecular flexibility index (Phi) is 9.12. The van der Waals surface area contributed by atoms with Gasteiger partial charge in [-0.1, -0.05) is 38.1 Å². The average Bonchev–Trinajstić information content (AvgIpc) is 2.66. The van der Waals surface area contributed by atoms with Crippen LogP contribution in [0.2, 0.25) is 0 Å². The van der Waals surface area contributed by atoms with E-state index in [4.69, 9.17) is 10.5 Å². The quantitative estimate of drug-likeness (QED) is 0.283. The Morgan fingerprint density at radius 3 is 2.54 bits per heavy atom. The van der Waals surface area contributed by atoms with E-state index < -0.39 is 0 Å². The highest BCUT2D eigenvalue weighted by Gasteiger charge is 2.06. The minimum Gasteiger partial charge on any atom is -0.465 e. The zero-order valence-corrected chi connectivity index (χ0v) is 17.7. The number of hydrogen-bond acceptors (Lipinski definition) is 3. The van der Waals surface area contributed by atoms with Crippen molar-refractivity contribution < 1.29 is 9.53 Å². The van der Waals surface area contributed by atoms with Crippen molar-refractivity contribution in [1.82, 2.24) is 0 Å². The normalized spacial score (nSPS) is 12.0. The lowest BCUT2D eigenvalue weighted by Gasteiger charge is -2.11. The van der Waals surface area contributed by atoms with Gasteiger partial charge in [-0.15, -0.1) is 24.0 Å². The van der Waals surface area contributed by atoms with Crippen molar-refractivity contribution in [3.63, 3.8) is 0 Å². The number of ether oxygens (including phenoxy) is 1. The number of methoxy groups -OCH3 is 1. The molecule has 0 heterocycles. The van der Waals surface area contributed by atoms with E-state index in [0.29, 0.717) is 24.0 Å². The molecular weight excluding hydrogens is 441 g/mol. The highest BCUT2D eigenvalue weighted by atomic mass is 127. The maximum atomic E-state index is 11.5. The van der Waals surface area contributed by atoms with Crippen molar-refractivity contribution in [2.75, 3.05) is 12.4 Å². The number of nitrogens with two attached hydrogens (primary N) is 1. The molecule has 1 unspecified atom stereocenters. The summed E-state index contributed by atoms with van der Waals surface area (Å²) in [7, 11) is 1.36. The third kappa shape index (κ3) is 6.33. The van der Waals surface area contributed by atoms with E-state index in [1.54, 1.807) is 18.2 Å². The van der Waals surface area contributed by atoms with E-state index >= 15 is 0 Å². The Morgan fingerprint density at radius 1 is 1.23 bits per heavy atom. The third-order valence-corrected chi connectivity index (χ3v) is 4.14. The van der Waals surface area contributed by atoms with Crippen LogP contribution in [0.25, 0.3) is 0 Å². The Balaban J connectivity index is 0.00000338. The van der Waals surface area contributed by atoms with Gasteiger partial charge in [0.2, 0.25) is 0 Å². The molecule has 0 aliphatic carbocycles. The molecule has 140 valence electrons. The summed E-state index contributed by atoms with van der Waals surface area (Å²) >= 11 is 0. The number of hydrogen-bond donors (Lipinski definition) is 2. The lowest BCUT2D eigenvalue weighted by molar-refractivity contribution is 0.0600. The molecule has 0 aliphatic heterocycles. The molecule has 0 radical (unpaired) electrons. The maximum Gasteiger partial charge on any atom is 0.337 e. The van der Waals surface area contributed by atoms with Gasteiger partial charge in [0.05, 0.1) is 19.2 Å². The van der Waals surface area contributed by atoms with Crippen molar-refractivity contribution in [3.05, 3.63) is 65.2 Å². The summed E-state index contributed by atoms with van der Waals surface area (Å²) in [4.78, 5) is 15.9. The second-order valence-electron chi connectivity index (χ2n) is 5.95. The fourth-order valence-corrected chi connectivity index (χ4v) is 2.41.